The predicted molar refractivity (Wildman–Crippen MR) is 397 cm³/mol. The molecule has 0 aliphatic carbocycles. The van der Waals surface area contributed by atoms with Crippen molar-refractivity contribution < 1.29 is 8.78 Å². The third-order valence-corrected chi connectivity index (χ3v) is 35.1. The molecule has 4 nitrogen and oxygen atoms in total. The molecule has 0 amide bonds. The summed E-state index contributed by atoms with van der Waals surface area (Å²) in [6.45, 7) is 13.9. The number of aromatic nitrogens is 4. The van der Waals surface area contributed by atoms with Crippen LogP contribution in [0.25, 0.3) is 113 Å². The summed E-state index contributed by atoms with van der Waals surface area (Å²) in [6.07, 6.45) is 21.8. The number of hydrogen-bond acceptors (Lipinski definition) is 14. The lowest BCUT2D eigenvalue weighted by Crippen LogP contribution is -2.56. The van der Waals surface area contributed by atoms with Crippen molar-refractivity contribution in [2.45, 2.75) is 169 Å². The van der Waals surface area contributed by atoms with Crippen LogP contribution in [0.1, 0.15) is 154 Å². The number of halogens is 2. The van der Waals surface area contributed by atoms with E-state index in [9.17, 15) is 0 Å². The summed E-state index contributed by atoms with van der Waals surface area (Å²) in [5.41, 5.74) is 5.43. The van der Waals surface area contributed by atoms with Crippen molar-refractivity contribution >= 4 is 155 Å². The zero-order valence-corrected chi connectivity index (χ0v) is 60.8. The first-order chi connectivity index (χ1) is 43.6. The standard InChI is InChI=1S/C72H76F2N4S10Si/c1-7-13-17-19-23-45-25-27-53(79-45)55-33-35-59(83-55)57-31-29-51(81-57)47-37-49(73)65(69-67(47)75-87-77-69)61-39-63-71(85-61)72-64(89(63,41-43(11-5)21-15-9-3)42-44(12-6)22-16-10-4)40-62(86-72)66-50(74)38-48(68-70(66)78-88-76-68)52-30-32-58(82-52)60-36-34-56(84-60)54-28-26-46(80-54)24-20-18-14-8-2/h25-40,43-44H,7-24,41-42H2,1-6H3. The minimum Gasteiger partial charge on any atom is -0.206 e. The van der Waals surface area contributed by atoms with Crippen molar-refractivity contribution in [1.82, 2.24) is 17.5 Å². The smallest absolute Gasteiger partial charge is 0.134 e. The number of rotatable bonds is 30. The second-order valence-electron chi connectivity index (χ2n) is 24.3. The second kappa shape index (κ2) is 28.5. The van der Waals surface area contributed by atoms with Gasteiger partial charge in [-0.25, -0.2) is 8.78 Å². The average Bonchev–Trinajstić information content (AvgIpc) is 1.54. The molecule has 1 aliphatic rings. The molecule has 11 heterocycles. The van der Waals surface area contributed by atoms with Crippen LogP contribution in [-0.2, 0) is 12.8 Å². The molecule has 10 aromatic heterocycles. The molecule has 0 saturated heterocycles. The number of aryl methyl sites for hydroxylation is 2. The minimum absolute atomic E-state index is 0.265. The molecule has 13 rings (SSSR count). The van der Waals surface area contributed by atoms with Crippen molar-refractivity contribution in [1.29, 1.82) is 0 Å². The molecule has 2 aromatic carbocycles. The Morgan fingerprint density at radius 1 is 0.360 bits per heavy atom. The Morgan fingerprint density at radius 3 is 1.09 bits per heavy atom. The van der Waals surface area contributed by atoms with Crippen LogP contribution < -0.4 is 10.4 Å². The quantitative estimate of drug-likeness (QED) is 0.0333. The fourth-order valence-electron chi connectivity index (χ4n) is 13.5. The summed E-state index contributed by atoms with van der Waals surface area (Å²) in [5.74, 6) is 0.557. The van der Waals surface area contributed by atoms with Gasteiger partial charge < -0.3 is 0 Å². The Hall–Kier alpha value is -4.24. The lowest BCUT2D eigenvalue weighted by atomic mass is 10.0. The molecule has 0 fully saturated rings. The molecule has 1 aliphatic heterocycles. The van der Waals surface area contributed by atoms with Crippen LogP contribution in [0.2, 0.25) is 12.1 Å². The van der Waals surface area contributed by atoms with E-state index in [2.05, 4.69) is 126 Å². The van der Waals surface area contributed by atoms with Crippen LogP contribution in [0.5, 0.6) is 0 Å². The zero-order valence-electron chi connectivity index (χ0n) is 51.7. The third-order valence-electron chi connectivity index (χ3n) is 18.3. The number of nitrogens with zero attached hydrogens (tertiary/aromatic N) is 4. The van der Waals surface area contributed by atoms with E-state index in [1.165, 1.54) is 169 Å². The van der Waals surface area contributed by atoms with Gasteiger partial charge in [0, 0.05) is 89.2 Å². The van der Waals surface area contributed by atoms with Crippen LogP contribution in [0.4, 0.5) is 8.78 Å². The lowest BCUT2D eigenvalue weighted by Gasteiger charge is -2.35. The fraction of sp³-hybridized carbons (Fsp3) is 0.389. The molecule has 2 atom stereocenters. The molecule has 89 heavy (non-hydrogen) atoms. The molecule has 462 valence electrons. The van der Waals surface area contributed by atoms with Crippen molar-refractivity contribution in [3.63, 3.8) is 0 Å². The highest BCUT2D eigenvalue weighted by atomic mass is 32.1. The summed E-state index contributed by atoms with van der Waals surface area (Å²) in [6, 6.07) is 37.3. The number of unbranched alkanes of at least 4 members (excludes halogenated alkanes) is 8. The van der Waals surface area contributed by atoms with E-state index in [-0.39, 0.29) is 11.6 Å². The van der Waals surface area contributed by atoms with Gasteiger partial charge in [-0.05, 0) is 157 Å². The monoisotopic (exact) mass is 1380 g/mol. The Bertz CT molecular complexity index is 4080. The summed E-state index contributed by atoms with van der Waals surface area (Å²) >= 11 is 16.7. The summed E-state index contributed by atoms with van der Waals surface area (Å²) in [4.78, 5) is 19.2. The summed E-state index contributed by atoms with van der Waals surface area (Å²) < 4.78 is 55.1. The molecular formula is C72H76F2N4S10Si. The molecule has 12 aromatic rings. The third kappa shape index (κ3) is 13.0. The van der Waals surface area contributed by atoms with Gasteiger partial charge >= 0.3 is 0 Å². The van der Waals surface area contributed by atoms with Crippen LogP contribution >= 0.6 is 114 Å². The minimum atomic E-state index is -2.63. The van der Waals surface area contributed by atoms with Crippen LogP contribution in [0.15, 0.2) is 97.1 Å². The molecule has 0 bridgehead atoms. The van der Waals surface area contributed by atoms with E-state index < -0.39 is 8.07 Å². The van der Waals surface area contributed by atoms with E-state index in [1.54, 1.807) is 57.5 Å². The van der Waals surface area contributed by atoms with E-state index in [1.807, 2.05) is 45.3 Å². The Kier molecular flexibility index (Phi) is 20.4. The first kappa shape index (κ1) is 63.5. The summed E-state index contributed by atoms with van der Waals surface area (Å²) in [7, 11) is -2.63. The van der Waals surface area contributed by atoms with Gasteiger partial charge in [0.2, 0.25) is 0 Å². The van der Waals surface area contributed by atoms with Crippen molar-refractivity contribution in [3.05, 3.63) is 118 Å². The van der Waals surface area contributed by atoms with Gasteiger partial charge in [0.05, 0.1) is 34.6 Å². The molecule has 2 unspecified atom stereocenters. The molecular weight excluding hydrogens is 1310 g/mol. The highest BCUT2D eigenvalue weighted by Crippen LogP contribution is 2.53. The Morgan fingerprint density at radius 2 is 0.708 bits per heavy atom. The van der Waals surface area contributed by atoms with Gasteiger partial charge in [0.15, 0.2) is 0 Å². The number of benzene rings is 2. The predicted octanol–water partition coefficient (Wildman–Crippen LogP) is 26.0. The summed E-state index contributed by atoms with van der Waals surface area (Å²) in [5, 5.41) is 2.89. The maximum absolute atomic E-state index is 17.7. The number of hydrogen-bond donors (Lipinski definition) is 0. The van der Waals surface area contributed by atoms with E-state index in [0.29, 0.717) is 34.0 Å². The van der Waals surface area contributed by atoms with Gasteiger partial charge in [-0.15, -0.1) is 90.7 Å². The Labute approximate surface area is 565 Å². The molecule has 0 spiro atoms. The van der Waals surface area contributed by atoms with Crippen LogP contribution in [-0.4, -0.2) is 25.6 Å². The SMILES string of the molecule is CCCCCCc1ccc(-c2ccc(-c3ccc(-c4cc(F)c(-c5cc6c(s5)-c5sc(-c7c(F)cc(-c8ccc(-c9ccc(-c%10ccc(CCCCCC)s%10)s9)s8)c8nsnc78)cc5[Si]6(CC(CC)CCCC)CC(CC)CCCC)c5nsnc45)s3)s2)s1. The van der Waals surface area contributed by atoms with Gasteiger partial charge in [-0.1, -0.05) is 131 Å². The van der Waals surface area contributed by atoms with Gasteiger partial charge in [0.1, 0.15) is 41.8 Å². The van der Waals surface area contributed by atoms with Crippen molar-refractivity contribution in [2.75, 3.05) is 0 Å². The first-order valence-electron chi connectivity index (χ1n) is 32.4. The lowest BCUT2D eigenvalue weighted by molar-refractivity contribution is 0.469. The maximum atomic E-state index is 17.7. The zero-order chi connectivity index (χ0) is 61.2. The van der Waals surface area contributed by atoms with Gasteiger partial charge in [-0.2, -0.15) is 17.5 Å². The maximum Gasteiger partial charge on any atom is 0.134 e. The first-order valence-corrected chi connectivity index (χ1v) is 42.8. The van der Waals surface area contributed by atoms with Crippen molar-refractivity contribution in [3.8, 4) is 90.5 Å². The molecule has 17 heteroatoms. The number of thiophene rings is 8. The van der Waals surface area contributed by atoms with Crippen molar-refractivity contribution in [2.24, 2.45) is 11.8 Å². The van der Waals surface area contributed by atoms with E-state index in [4.69, 9.17) is 17.5 Å². The fourth-order valence-corrected chi connectivity index (χ4v) is 31.6. The normalized spacial score (nSPS) is 13.6. The van der Waals surface area contributed by atoms with Gasteiger partial charge in [0.25, 0.3) is 0 Å². The molecule has 0 saturated carbocycles. The highest BCUT2D eigenvalue weighted by molar-refractivity contribution is 7.32. The van der Waals surface area contributed by atoms with Crippen LogP contribution in [0, 0.1) is 23.5 Å². The average molecular weight is 1380 g/mol. The van der Waals surface area contributed by atoms with E-state index >= 15 is 8.78 Å². The van der Waals surface area contributed by atoms with Gasteiger partial charge in [-0.3, -0.25) is 0 Å². The molecule has 0 N–H and O–H groups in total. The highest BCUT2D eigenvalue weighted by Gasteiger charge is 2.50. The topological polar surface area (TPSA) is 51.6 Å². The molecule has 0 radical (unpaired) electrons. The van der Waals surface area contributed by atoms with Crippen LogP contribution in [0.3, 0.4) is 0 Å². The Balaban J connectivity index is 0.851. The second-order valence-corrected chi connectivity index (χ2v) is 38.2. The van der Waals surface area contributed by atoms with E-state index in [0.717, 1.165) is 92.3 Å². The largest absolute Gasteiger partial charge is 0.206 e. The number of fused-ring (bicyclic) bond motifs is 5.